The van der Waals surface area contributed by atoms with Gasteiger partial charge in [0.1, 0.15) is 0 Å². The van der Waals surface area contributed by atoms with Gasteiger partial charge in [0.05, 0.1) is 6.54 Å². The fourth-order valence-electron chi connectivity index (χ4n) is 3.03. The highest BCUT2D eigenvalue weighted by Crippen LogP contribution is 2.30. The van der Waals surface area contributed by atoms with Crippen LogP contribution in [0.15, 0.2) is 34.7 Å². The summed E-state index contributed by atoms with van der Waals surface area (Å²) in [5.74, 6) is 1.77. The molecule has 1 fully saturated rings. The van der Waals surface area contributed by atoms with E-state index in [4.69, 9.17) is 0 Å². The lowest BCUT2D eigenvalue weighted by molar-refractivity contribution is 0.487. The lowest BCUT2D eigenvalue weighted by Crippen LogP contribution is -2.17. The minimum atomic E-state index is 0.691. The van der Waals surface area contributed by atoms with Crippen molar-refractivity contribution >= 4 is 28.2 Å². The molecule has 4 rings (SSSR count). The summed E-state index contributed by atoms with van der Waals surface area (Å²) in [4.78, 5) is 4.04. The maximum absolute atomic E-state index is 4.45. The molecule has 3 heterocycles. The highest BCUT2D eigenvalue weighted by atomic mass is 32.2. The highest BCUT2D eigenvalue weighted by Gasteiger charge is 2.16. The van der Waals surface area contributed by atoms with Crippen molar-refractivity contribution in [2.24, 2.45) is 0 Å². The molecule has 7 nitrogen and oxygen atoms in total. The average Bonchev–Trinajstić information content (AvgIpc) is 3.47. The summed E-state index contributed by atoms with van der Waals surface area (Å²) in [6.07, 6.45) is 5.90. The SMILES string of the molecule is c1ccc(-c2nnn(CCCCCSc3nnc(N4CCCC4)s3)n2)cc1. The second-order valence-corrected chi connectivity index (χ2v) is 8.83. The van der Waals surface area contributed by atoms with E-state index >= 15 is 0 Å². The Labute approximate surface area is 167 Å². The van der Waals surface area contributed by atoms with Crippen molar-refractivity contribution in [2.75, 3.05) is 23.7 Å². The van der Waals surface area contributed by atoms with Gasteiger partial charge < -0.3 is 4.90 Å². The van der Waals surface area contributed by atoms with Crippen LogP contribution in [0, 0.1) is 0 Å². The van der Waals surface area contributed by atoms with Crippen LogP contribution < -0.4 is 4.90 Å². The number of hydrogen-bond donors (Lipinski definition) is 0. The smallest absolute Gasteiger partial charge is 0.209 e. The van der Waals surface area contributed by atoms with Crippen LogP contribution in [0.4, 0.5) is 5.13 Å². The quantitative estimate of drug-likeness (QED) is 0.399. The molecule has 9 heteroatoms. The van der Waals surface area contributed by atoms with Crippen molar-refractivity contribution in [1.82, 2.24) is 30.4 Å². The zero-order chi connectivity index (χ0) is 18.3. The molecule has 0 saturated carbocycles. The molecule has 0 aliphatic carbocycles. The first-order valence-electron chi connectivity index (χ1n) is 9.43. The molecule has 0 atom stereocenters. The predicted molar refractivity (Wildman–Crippen MR) is 109 cm³/mol. The Morgan fingerprint density at radius 3 is 2.67 bits per heavy atom. The van der Waals surface area contributed by atoms with E-state index in [1.807, 2.05) is 42.1 Å². The van der Waals surface area contributed by atoms with Crippen molar-refractivity contribution in [3.63, 3.8) is 0 Å². The molecule has 0 radical (unpaired) electrons. The van der Waals surface area contributed by atoms with Gasteiger partial charge in [0.25, 0.3) is 0 Å². The van der Waals surface area contributed by atoms with Crippen LogP contribution in [0.2, 0.25) is 0 Å². The number of nitrogens with zero attached hydrogens (tertiary/aromatic N) is 7. The molecule has 142 valence electrons. The third-order valence-electron chi connectivity index (χ3n) is 4.49. The normalized spacial score (nSPS) is 14.1. The first kappa shape index (κ1) is 18.4. The van der Waals surface area contributed by atoms with Crippen LogP contribution in [0.1, 0.15) is 32.1 Å². The molecule has 1 aliphatic heterocycles. The molecule has 0 spiro atoms. The van der Waals surface area contributed by atoms with E-state index < -0.39 is 0 Å². The third-order valence-corrected chi connectivity index (χ3v) is 6.69. The van der Waals surface area contributed by atoms with Crippen molar-refractivity contribution in [1.29, 1.82) is 0 Å². The van der Waals surface area contributed by atoms with Crippen molar-refractivity contribution in [3.05, 3.63) is 30.3 Å². The van der Waals surface area contributed by atoms with Gasteiger partial charge in [-0.3, -0.25) is 0 Å². The summed E-state index contributed by atoms with van der Waals surface area (Å²) >= 11 is 3.54. The van der Waals surface area contributed by atoms with Gasteiger partial charge in [-0.1, -0.05) is 59.9 Å². The molecule has 1 aromatic carbocycles. The summed E-state index contributed by atoms with van der Waals surface area (Å²) in [5.41, 5.74) is 1.01. The Balaban J connectivity index is 1.13. The minimum absolute atomic E-state index is 0.691. The zero-order valence-corrected chi connectivity index (χ0v) is 16.8. The molecule has 1 saturated heterocycles. The number of aromatic nitrogens is 6. The molecule has 0 amide bonds. The van der Waals surface area contributed by atoms with Gasteiger partial charge >= 0.3 is 0 Å². The Hall–Kier alpha value is -2.00. The summed E-state index contributed by atoms with van der Waals surface area (Å²) in [5, 5.41) is 22.5. The number of aryl methyl sites for hydroxylation is 1. The molecule has 0 N–H and O–H groups in total. The second kappa shape index (κ2) is 9.27. The molecule has 0 bridgehead atoms. The number of tetrazole rings is 1. The lowest BCUT2D eigenvalue weighted by atomic mass is 10.2. The van der Waals surface area contributed by atoms with Gasteiger partial charge in [0.15, 0.2) is 4.34 Å². The van der Waals surface area contributed by atoms with Gasteiger partial charge in [-0.05, 0) is 30.9 Å². The van der Waals surface area contributed by atoms with Crippen LogP contribution in [-0.2, 0) is 6.54 Å². The first-order valence-corrected chi connectivity index (χ1v) is 11.2. The van der Waals surface area contributed by atoms with E-state index in [9.17, 15) is 0 Å². The zero-order valence-electron chi connectivity index (χ0n) is 15.2. The highest BCUT2D eigenvalue weighted by molar-refractivity contribution is 8.01. The number of rotatable bonds is 9. The standard InChI is InChI=1S/C18H23N7S2/c1-3-9-15(10-4-1)16-19-23-25(22-16)13-5-2-8-14-26-18-21-20-17(27-18)24-11-6-7-12-24/h1,3-4,9-10H,2,5-8,11-14H2. The topological polar surface area (TPSA) is 72.6 Å². The Morgan fingerprint density at radius 2 is 1.81 bits per heavy atom. The first-order chi connectivity index (χ1) is 13.4. The van der Waals surface area contributed by atoms with E-state index in [-0.39, 0.29) is 0 Å². The summed E-state index contributed by atoms with van der Waals surface area (Å²) < 4.78 is 1.09. The van der Waals surface area contributed by atoms with Crippen LogP contribution in [0.25, 0.3) is 11.4 Å². The molecular formula is C18H23N7S2. The Bertz CT molecular complexity index is 827. The van der Waals surface area contributed by atoms with E-state index in [2.05, 4.69) is 30.5 Å². The summed E-state index contributed by atoms with van der Waals surface area (Å²) in [6.45, 7) is 3.06. The number of thioether (sulfide) groups is 1. The predicted octanol–water partition coefficient (Wildman–Crippen LogP) is 3.75. The van der Waals surface area contributed by atoms with Gasteiger partial charge in [0.2, 0.25) is 11.0 Å². The Kier molecular flexibility index (Phi) is 6.31. The minimum Gasteiger partial charge on any atom is -0.347 e. The summed E-state index contributed by atoms with van der Waals surface area (Å²) in [6, 6.07) is 9.96. The van der Waals surface area contributed by atoms with Gasteiger partial charge in [-0.15, -0.1) is 20.4 Å². The molecule has 2 aromatic heterocycles. The molecule has 1 aliphatic rings. The average molecular weight is 402 g/mol. The number of unbranched alkanes of at least 4 members (excludes halogenated alkanes) is 2. The molecule has 3 aromatic rings. The molecular weight excluding hydrogens is 378 g/mol. The summed E-state index contributed by atoms with van der Waals surface area (Å²) in [7, 11) is 0. The largest absolute Gasteiger partial charge is 0.347 e. The fourth-order valence-corrected chi connectivity index (χ4v) is 4.99. The number of anilines is 1. The van der Waals surface area contributed by atoms with Crippen molar-refractivity contribution in [3.8, 4) is 11.4 Å². The monoisotopic (exact) mass is 401 g/mol. The van der Waals surface area contributed by atoms with E-state index in [0.717, 1.165) is 59.7 Å². The van der Waals surface area contributed by atoms with E-state index in [1.54, 1.807) is 16.1 Å². The van der Waals surface area contributed by atoms with Gasteiger partial charge in [-0.25, -0.2) is 0 Å². The van der Waals surface area contributed by atoms with Crippen LogP contribution >= 0.6 is 23.1 Å². The van der Waals surface area contributed by atoms with Gasteiger partial charge in [-0.2, -0.15) is 4.80 Å². The Morgan fingerprint density at radius 1 is 0.963 bits per heavy atom. The van der Waals surface area contributed by atoms with Crippen LogP contribution in [0.3, 0.4) is 0 Å². The van der Waals surface area contributed by atoms with Crippen LogP contribution in [0.5, 0.6) is 0 Å². The maximum atomic E-state index is 4.45. The maximum Gasteiger partial charge on any atom is 0.209 e. The van der Waals surface area contributed by atoms with Crippen molar-refractivity contribution in [2.45, 2.75) is 43.0 Å². The van der Waals surface area contributed by atoms with Gasteiger partial charge in [0, 0.05) is 24.4 Å². The number of benzene rings is 1. The van der Waals surface area contributed by atoms with Crippen LogP contribution in [-0.4, -0.2) is 49.2 Å². The van der Waals surface area contributed by atoms with Crippen molar-refractivity contribution < 1.29 is 0 Å². The molecule has 0 unspecified atom stereocenters. The van der Waals surface area contributed by atoms with E-state index in [0.29, 0.717) is 5.82 Å². The molecule has 27 heavy (non-hydrogen) atoms. The second-order valence-electron chi connectivity index (χ2n) is 6.53. The third kappa shape index (κ3) is 5.04. The van der Waals surface area contributed by atoms with E-state index in [1.165, 1.54) is 12.8 Å². The number of hydrogen-bond acceptors (Lipinski definition) is 8. The fraction of sp³-hybridized carbons (Fsp3) is 0.500. The lowest BCUT2D eigenvalue weighted by Gasteiger charge is -2.10.